The van der Waals surface area contributed by atoms with Crippen molar-refractivity contribution < 1.29 is 4.57 Å². The van der Waals surface area contributed by atoms with Gasteiger partial charge < -0.3 is 0 Å². The largest absolute Gasteiger partial charge is 0.216 e. The first-order valence-corrected chi connectivity index (χ1v) is 8.80. The van der Waals surface area contributed by atoms with Gasteiger partial charge in [0.2, 0.25) is 5.69 Å². The number of hydrogen-bond acceptors (Lipinski definition) is 0. The maximum Gasteiger partial charge on any atom is 0.216 e. The summed E-state index contributed by atoms with van der Waals surface area (Å²) in [7, 11) is 2.16. The molecule has 0 N–H and O–H groups in total. The van der Waals surface area contributed by atoms with Crippen molar-refractivity contribution in [1.82, 2.24) is 0 Å². The number of rotatable bonds is 2. The molecule has 1 heteroatoms. The zero-order valence-corrected chi connectivity index (χ0v) is 16.0. The van der Waals surface area contributed by atoms with Crippen LogP contribution in [0.25, 0.3) is 22.0 Å². The van der Waals surface area contributed by atoms with E-state index in [4.69, 9.17) is 0 Å². The van der Waals surface area contributed by atoms with E-state index in [1.54, 1.807) is 0 Å². The zero-order chi connectivity index (χ0) is 17.6. The summed E-state index contributed by atoms with van der Waals surface area (Å²) in [6.07, 6.45) is 2.26. The molecule has 3 aromatic rings. The normalized spacial score (nSPS) is 11.5. The van der Waals surface area contributed by atoms with Gasteiger partial charge in [-0.2, -0.15) is 0 Å². The summed E-state index contributed by atoms with van der Waals surface area (Å²) in [6, 6.07) is 11.5. The van der Waals surface area contributed by atoms with Crippen LogP contribution in [0.15, 0.2) is 36.5 Å². The van der Waals surface area contributed by atoms with E-state index in [-0.39, 0.29) is 0 Å². The SMILES string of the molecule is Cc1cc(C)c(C)c(-c2c(C)c3cc(C(C)C)ccc3c[n+]2C)c1. The van der Waals surface area contributed by atoms with Crippen LogP contribution < -0.4 is 4.57 Å². The van der Waals surface area contributed by atoms with E-state index in [1.165, 1.54) is 49.8 Å². The van der Waals surface area contributed by atoms with Gasteiger partial charge in [-0.25, -0.2) is 4.57 Å². The second-order valence-corrected chi connectivity index (χ2v) is 7.47. The molecule has 0 spiro atoms. The Labute approximate surface area is 146 Å². The minimum absolute atomic E-state index is 0.550. The lowest BCUT2D eigenvalue weighted by atomic mass is 9.92. The van der Waals surface area contributed by atoms with Crippen molar-refractivity contribution in [2.24, 2.45) is 7.05 Å². The molecule has 0 aliphatic heterocycles. The number of aromatic nitrogens is 1. The number of aryl methyl sites for hydroxylation is 4. The van der Waals surface area contributed by atoms with Crippen LogP contribution in [-0.2, 0) is 7.05 Å². The predicted octanol–water partition coefficient (Wildman–Crippen LogP) is 5.69. The fourth-order valence-corrected chi connectivity index (χ4v) is 3.71. The molecule has 1 nitrogen and oxygen atoms in total. The Bertz CT molecular complexity index is 933. The molecule has 0 saturated carbocycles. The minimum atomic E-state index is 0.550. The van der Waals surface area contributed by atoms with Crippen LogP contribution in [-0.4, -0.2) is 0 Å². The van der Waals surface area contributed by atoms with Gasteiger partial charge in [0.25, 0.3) is 0 Å². The molecule has 1 aromatic heterocycles. The van der Waals surface area contributed by atoms with Crippen LogP contribution in [0.1, 0.15) is 47.6 Å². The first kappa shape index (κ1) is 16.7. The Morgan fingerprint density at radius 3 is 2.25 bits per heavy atom. The molecule has 3 rings (SSSR count). The van der Waals surface area contributed by atoms with Gasteiger partial charge in [-0.1, -0.05) is 37.6 Å². The number of hydrogen-bond donors (Lipinski definition) is 0. The van der Waals surface area contributed by atoms with Gasteiger partial charge in [0, 0.05) is 16.5 Å². The summed E-state index contributed by atoms with van der Waals surface area (Å²) in [5, 5.41) is 2.68. The minimum Gasteiger partial charge on any atom is -0.200 e. The summed E-state index contributed by atoms with van der Waals surface area (Å²) in [6.45, 7) is 13.4. The third-order valence-corrected chi connectivity index (χ3v) is 5.26. The Kier molecular flexibility index (Phi) is 4.21. The van der Waals surface area contributed by atoms with Crippen molar-refractivity contribution in [2.45, 2.75) is 47.5 Å². The lowest BCUT2D eigenvalue weighted by Crippen LogP contribution is -2.32. The van der Waals surface area contributed by atoms with E-state index in [0.717, 1.165) is 0 Å². The Morgan fingerprint density at radius 1 is 0.875 bits per heavy atom. The molecular weight excluding hydrogens is 290 g/mol. The second-order valence-electron chi connectivity index (χ2n) is 7.47. The molecule has 0 amide bonds. The summed E-state index contributed by atoms with van der Waals surface area (Å²) >= 11 is 0. The number of nitrogens with zero attached hydrogens (tertiary/aromatic N) is 1. The molecule has 0 radical (unpaired) electrons. The molecule has 0 unspecified atom stereocenters. The highest BCUT2D eigenvalue weighted by atomic mass is 14.9. The molecule has 0 bridgehead atoms. The summed E-state index contributed by atoms with van der Waals surface area (Å²) < 4.78 is 2.29. The van der Waals surface area contributed by atoms with Crippen LogP contribution in [0.2, 0.25) is 0 Å². The topological polar surface area (TPSA) is 3.88 Å². The molecular formula is C23H28N+. The van der Waals surface area contributed by atoms with E-state index < -0.39 is 0 Å². The fourth-order valence-electron chi connectivity index (χ4n) is 3.71. The van der Waals surface area contributed by atoms with Crippen LogP contribution in [0.4, 0.5) is 0 Å². The zero-order valence-electron chi connectivity index (χ0n) is 16.0. The molecule has 0 saturated heterocycles. The Morgan fingerprint density at radius 2 is 1.58 bits per heavy atom. The molecule has 1 heterocycles. The van der Waals surface area contributed by atoms with E-state index >= 15 is 0 Å². The van der Waals surface area contributed by atoms with Gasteiger partial charge in [0.15, 0.2) is 6.20 Å². The highest BCUT2D eigenvalue weighted by molar-refractivity contribution is 5.89. The van der Waals surface area contributed by atoms with Gasteiger partial charge in [0.1, 0.15) is 7.05 Å². The van der Waals surface area contributed by atoms with Crippen molar-refractivity contribution in [1.29, 1.82) is 0 Å². The van der Waals surface area contributed by atoms with E-state index in [2.05, 4.69) is 89.7 Å². The second kappa shape index (κ2) is 6.05. The third kappa shape index (κ3) is 2.73. The quantitative estimate of drug-likeness (QED) is 0.535. The average molecular weight is 318 g/mol. The molecule has 0 atom stereocenters. The van der Waals surface area contributed by atoms with Crippen LogP contribution in [0, 0.1) is 27.7 Å². The number of fused-ring (bicyclic) bond motifs is 1. The van der Waals surface area contributed by atoms with E-state index in [1.807, 2.05) is 0 Å². The maximum absolute atomic E-state index is 2.37. The third-order valence-electron chi connectivity index (χ3n) is 5.26. The smallest absolute Gasteiger partial charge is 0.200 e. The first-order valence-electron chi connectivity index (χ1n) is 8.80. The molecule has 2 aromatic carbocycles. The summed E-state index contributed by atoms with van der Waals surface area (Å²) in [5.74, 6) is 0.550. The number of benzene rings is 2. The van der Waals surface area contributed by atoms with Gasteiger partial charge >= 0.3 is 0 Å². The highest BCUT2D eigenvalue weighted by Crippen LogP contribution is 2.32. The average Bonchev–Trinajstić information content (AvgIpc) is 2.51. The van der Waals surface area contributed by atoms with E-state index in [0.29, 0.717) is 5.92 Å². The standard InChI is InChI=1S/C23H28N/c1-14(2)19-8-9-20-13-24(7)23(18(6)21(20)12-19)22-11-15(3)10-16(4)17(22)5/h8-14H,1-7H3/q+1. The highest BCUT2D eigenvalue weighted by Gasteiger charge is 2.20. The lowest BCUT2D eigenvalue weighted by molar-refractivity contribution is -0.659. The van der Waals surface area contributed by atoms with Crippen molar-refractivity contribution in [3.05, 3.63) is 64.3 Å². The summed E-state index contributed by atoms with van der Waals surface area (Å²) in [5.41, 5.74) is 9.51. The molecule has 124 valence electrons. The van der Waals surface area contributed by atoms with Crippen LogP contribution in [0.5, 0.6) is 0 Å². The van der Waals surface area contributed by atoms with Gasteiger partial charge in [-0.05, 0) is 67.8 Å². The predicted molar refractivity (Wildman–Crippen MR) is 104 cm³/mol. The molecule has 24 heavy (non-hydrogen) atoms. The first-order chi connectivity index (χ1) is 11.3. The maximum atomic E-state index is 2.37. The molecule has 0 aliphatic carbocycles. The Balaban J connectivity index is 2.37. The monoisotopic (exact) mass is 318 g/mol. The van der Waals surface area contributed by atoms with Gasteiger partial charge in [0.05, 0.1) is 0 Å². The lowest BCUT2D eigenvalue weighted by Gasteiger charge is -2.14. The van der Waals surface area contributed by atoms with Crippen LogP contribution in [0.3, 0.4) is 0 Å². The van der Waals surface area contributed by atoms with E-state index in [9.17, 15) is 0 Å². The summed E-state index contributed by atoms with van der Waals surface area (Å²) in [4.78, 5) is 0. The van der Waals surface area contributed by atoms with Crippen molar-refractivity contribution in [2.75, 3.05) is 0 Å². The van der Waals surface area contributed by atoms with Crippen molar-refractivity contribution >= 4 is 10.8 Å². The fraction of sp³-hybridized carbons (Fsp3) is 0.348. The number of pyridine rings is 1. The van der Waals surface area contributed by atoms with Crippen LogP contribution >= 0.6 is 0 Å². The molecule has 0 aliphatic rings. The van der Waals surface area contributed by atoms with Crippen molar-refractivity contribution in [3.8, 4) is 11.3 Å². The Hall–Kier alpha value is -2.15. The van der Waals surface area contributed by atoms with Crippen molar-refractivity contribution in [3.63, 3.8) is 0 Å². The molecule has 0 fully saturated rings. The van der Waals surface area contributed by atoms with Gasteiger partial charge in [-0.3, -0.25) is 0 Å². The van der Waals surface area contributed by atoms with Gasteiger partial charge in [-0.15, -0.1) is 0 Å².